The van der Waals surface area contributed by atoms with Gasteiger partial charge in [-0.15, -0.1) is 0 Å². The van der Waals surface area contributed by atoms with Gasteiger partial charge in [0.05, 0.1) is 24.4 Å². The molecule has 1 aliphatic heterocycles. The molecule has 8 heteroatoms. The Morgan fingerprint density at radius 1 is 0.925 bits per heavy atom. The zero-order valence-corrected chi connectivity index (χ0v) is 23.1. The van der Waals surface area contributed by atoms with Gasteiger partial charge in [-0.05, 0) is 71.9 Å². The molecular weight excluding hydrogens is 540 g/mol. The predicted octanol–water partition coefficient (Wildman–Crippen LogP) is 7.16. The molecule has 1 aliphatic rings. The van der Waals surface area contributed by atoms with Crippen molar-refractivity contribution in [2.45, 2.75) is 6.04 Å². The first-order valence-electron chi connectivity index (χ1n) is 12.7. The van der Waals surface area contributed by atoms with Crippen LogP contribution < -0.4 is 21.0 Å². The number of ether oxygens (including phenoxy) is 1. The predicted molar refractivity (Wildman–Crippen MR) is 166 cm³/mol. The molecule has 0 radical (unpaired) electrons. The first kappa shape index (κ1) is 25.7. The third kappa shape index (κ3) is 4.93. The lowest BCUT2D eigenvalue weighted by atomic mass is 9.94. The molecule has 2 heterocycles. The van der Waals surface area contributed by atoms with Gasteiger partial charge < -0.3 is 15.0 Å². The van der Waals surface area contributed by atoms with Crippen LogP contribution in [0.4, 0.5) is 5.69 Å². The molecule has 1 aromatic heterocycles. The molecule has 0 amide bonds. The number of nitrogens with zero attached hydrogens (tertiary/aromatic N) is 1. The molecule has 4 aromatic carbocycles. The molecule has 0 spiro atoms. The SMILES string of the molecule is COc1ccc([C@H]2C=C(c3c(-c4ccccc4)c4cc(Cl)ccc4[nH]c3=O)NN2C(=S)Nc2ccccc2)cc1. The highest BCUT2D eigenvalue weighted by Gasteiger charge is 2.32. The van der Waals surface area contributed by atoms with Crippen molar-refractivity contribution in [1.29, 1.82) is 0 Å². The van der Waals surface area contributed by atoms with Gasteiger partial charge in [-0.2, -0.15) is 0 Å². The van der Waals surface area contributed by atoms with E-state index in [0.29, 0.717) is 26.9 Å². The summed E-state index contributed by atoms with van der Waals surface area (Å²) in [5.41, 5.74) is 8.61. The minimum atomic E-state index is -0.303. The van der Waals surface area contributed by atoms with Crippen LogP contribution in [0.3, 0.4) is 0 Å². The summed E-state index contributed by atoms with van der Waals surface area (Å²) in [4.78, 5) is 16.8. The third-order valence-electron chi connectivity index (χ3n) is 6.85. The smallest absolute Gasteiger partial charge is 0.258 e. The molecule has 198 valence electrons. The van der Waals surface area contributed by atoms with Gasteiger partial charge in [0.25, 0.3) is 5.56 Å². The summed E-state index contributed by atoms with van der Waals surface area (Å²) in [7, 11) is 1.64. The number of rotatable bonds is 5. The van der Waals surface area contributed by atoms with Crippen molar-refractivity contribution in [3.8, 4) is 16.9 Å². The zero-order chi connectivity index (χ0) is 27.6. The van der Waals surface area contributed by atoms with Crippen molar-refractivity contribution in [1.82, 2.24) is 15.4 Å². The van der Waals surface area contributed by atoms with Crippen molar-refractivity contribution in [3.63, 3.8) is 0 Å². The number of pyridine rings is 1. The maximum atomic E-state index is 13.7. The molecule has 1 atom stereocenters. The van der Waals surface area contributed by atoms with Crippen LogP contribution in [0.2, 0.25) is 5.02 Å². The van der Waals surface area contributed by atoms with E-state index in [9.17, 15) is 4.79 Å². The van der Waals surface area contributed by atoms with E-state index >= 15 is 0 Å². The Kier molecular flexibility index (Phi) is 6.99. The standard InChI is InChI=1S/C32H25ClN4O2S/c1-39-24-15-12-20(13-16-24)28-19-27(36-37(28)32(40)34-23-10-6-3-7-11-23)30-29(21-8-4-2-5-9-21)25-18-22(33)14-17-26(25)35-31(30)38/h2-19,28,36H,1H3,(H,34,40)(H,35,38)/t28-/m1/s1. The van der Waals surface area contributed by atoms with E-state index in [-0.39, 0.29) is 11.6 Å². The number of hydrogen-bond acceptors (Lipinski definition) is 4. The van der Waals surface area contributed by atoms with Crippen LogP contribution in [0.5, 0.6) is 5.75 Å². The third-order valence-corrected chi connectivity index (χ3v) is 7.39. The van der Waals surface area contributed by atoms with Crippen molar-refractivity contribution in [3.05, 3.63) is 136 Å². The second-order valence-electron chi connectivity index (χ2n) is 9.34. The number of H-pyrrole nitrogens is 1. The van der Waals surface area contributed by atoms with Gasteiger partial charge in [0, 0.05) is 27.2 Å². The number of hydrogen-bond donors (Lipinski definition) is 3. The molecule has 0 aliphatic carbocycles. The van der Waals surface area contributed by atoms with Crippen LogP contribution in [0.25, 0.3) is 27.7 Å². The van der Waals surface area contributed by atoms with E-state index in [1.807, 2.05) is 108 Å². The first-order valence-corrected chi connectivity index (χ1v) is 13.5. The van der Waals surface area contributed by atoms with E-state index in [0.717, 1.165) is 33.5 Å². The fraction of sp³-hybridized carbons (Fsp3) is 0.0625. The molecular formula is C32H25ClN4O2S. The van der Waals surface area contributed by atoms with Gasteiger partial charge in [-0.1, -0.05) is 72.3 Å². The van der Waals surface area contributed by atoms with E-state index in [1.165, 1.54) is 0 Å². The summed E-state index contributed by atoms with van der Waals surface area (Å²) < 4.78 is 5.37. The molecule has 0 saturated carbocycles. The number of aromatic amines is 1. The number of benzene rings is 4. The lowest BCUT2D eigenvalue weighted by molar-refractivity contribution is 0.347. The van der Waals surface area contributed by atoms with Crippen molar-refractivity contribution < 1.29 is 4.74 Å². The summed E-state index contributed by atoms with van der Waals surface area (Å²) >= 11 is 12.3. The van der Waals surface area contributed by atoms with Crippen LogP contribution in [0.15, 0.2) is 114 Å². The van der Waals surface area contributed by atoms with Crippen LogP contribution in [-0.2, 0) is 0 Å². The van der Waals surface area contributed by atoms with E-state index in [4.69, 9.17) is 28.6 Å². The van der Waals surface area contributed by atoms with Gasteiger partial charge in [0.15, 0.2) is 5.11 Å². The quantitative estimate of drug-likeness (QED) is 0.197. The topological polar surface area (TPSA) is 69.4 Å². The van der Waals surface area contributed by atoms with Gasteiger partial charge in [-0.3, -0.25) is 15.2 Å². The van der Waals surface area contributed by atoms with Crippen molar-refractivity contribution in [2.24, 2.45) is 0 Å². The number of halogens is 1. The fourth-order valence-corrected chi connectivity index (χ4v) is 5.41. The molecule has 6 rings (SSSR count). The Morgan fingerprint density at radius 2 is 1.62 bits per heavy atom. The molecule has 40 heavy (non-hydrogen) atoms. The van der Waals surface area contributed by atoms with E-state index in [1.54, 1.807) is 13.2 Å². The van der Waals surface area contributed by atoms with Gasteiger partial charge >= 0.3 is 0 Å². The number of para-hydroxylation sites is 1. The number of anilines is 1. The summed E-state index contributed by atoms with van der Waals surface area (Å²) in [6.07, 6.45) is 2.02. The Hall–Kier alpha value is -4.59. The molecule has 0 bridgehead atoms. The number of hydrazine groups is 1. The minimum Gasteiger partial charge on any atom is -0.497 e. The molecule has 5 aromatic rings. The van der Waals surface area contributed by atoms with Crippen molar-refractivity contribution >= 4 is 51.2 Å². The number of methoxy groups -OCH3 is 1. The molecule has 0 fully saturated rings. The number of fused-ring (bicyclic) bond motifs is 1. The minimum absolute atomic E-state index is 0.218. The highest BCUT2D eigenvalue weighted by Crippen LogP contribution is 2.38. The molecule has 3 N–H and O–H groups in total. The lowest BCUT2D eigenvalue weighted by Gasteiger charge is -2.28. The number of thiocarbonyl (C=S) groups is 1. The largest absolute Gasteiger partial charge is 0.497 e. The maximum absolute atomic E-state index is 13.7. The van der Waals surface area contributed by atoms with Gasteiger partial charge in [0.1, 0.15) is 5.75 Å². The second-order valence-corrected chi connectivity index (χ2v) is 10.2. The maximum Gasteiger partial charge on any atom is 0.258 e. The summed E-state index contributed by atoms with van der Waals surface area (Å²) in [5, 5.41) is 7.06. The Morgan fingerprint density at radius 3 is 2.33 bits per heavy atom. The zero-order valence-electron chi connectivity index (χ0n) is 21.5. The van der Waals surface area contributed by atoms with Gasteiger partial charge in [0.2, 0.25) is 0 Å². The Labute approximate surface area is 241 Å². The Bertz CT molecular complexity index is 1790. The van der Waals surface area contributed by atoms with Crippen molar-refractivity contribution in [2.75, 3.05) is 12.4 Å². The van der Waals surface area contributed by atoms with Crippen LogP contribution in [-0.4, -0.2) is 22.2 Å². The summed E-state index contributed by atoms with van der Waals surface area (Å²) in [6, 6.07) is 32.6. The summed E-state index contributed by atoms with van der Waals surface area (Å²) in [6.45, 7) is 0. The van der Waals surface area contributed by atoms with Gasteiger partial charge in [-0.25, -0.2) is 0 Å². The van der Waals surface area contributed by atoms with Crippen LogP contribution in [0, 0.1) is 0 Å². The second kappa shape index (κ2) is 10.9. The van der Waals surface area contributed by atoms with E-state index in [2.05, 4.69) is 15.7 Å². The highest BCUT2D eigenvalue weighted by atomic mass is 35.5. The average molecular weight is 565 g/mol. The fourth-order valence-electron chi connectivity index (χ4n) is 4.96. The average Bonchev–Trinajstić information content (AvgIpc) is 3.43. The van der Waals surface area contributed by atoms with Crippen LogP contribution in [0.1, 0.15) is 17.2 Å². The normalized spacial score (nSPS) is 14.5. The molecule has 0 saturated heterocycles. The number of aromatic nitrogens is 1. The monoisotopic (exact) mass is 564 g/mol. The first-order chi connectivity index (χ1) is 19.5. The van der Waals surface area contributed by atoms with E-state index < -0.39 is 0 Å². The lowest BCUT2D eigenvalue weighted by Crippen LogP contribution is -2.42. The number of nitrogens with one attached hydrogen (secondary N) is 3. The Balaban J connectivity index is 1.51. The molecule has 0 unspecified atom stereocenters. The molecule has 6 nitrogen and oxygen atoms in total. The van der Waals surface area contributed by atoms with Crippen LogP contribution >= 0.6 is 23.8 Å². The summed E-state index contributed by atoms with van der Waals surface area (Å²) in [5.74, 6) is 0.754. The highest BCUT2D eigenvalue weighted by molar-refractivity contribution is 7.80.